The zero-order valence-corrected chi connectivity index (χ0v) is 10.7. The van der Waals surface area contributed by atoms with Crippen molar-refractivity contribution in [2.45, 2.75) is 13.5 Å². The molecular formula is C14H16N4O. The lowest BCUT2D eigenvalue weighted by atomic mass is 10.1. The van der Waals surface area contributed by atoms with Gasteiger partial charge in [0.15, 0.2) is 0 Å². The summed E-state index contributed by atoms with van der Waals surface area (Å²) in [5, 5.41) is 3.20. The molecule has 5 N–H and O–H groups in total. The maximum atomic E-state index is 11.0. The molecule has 5 heteroatoms. The number of benzene rings is 1. The van der Waals surface area contributed by atoms with Gasteiger partial charge in [0, 0.05) is 24.0 Å². The van der Waals surface area contributed by atoms with E-state index in [-0.39, 0.29) is 0 Å². The standard InChI is InChI=1S/C14H16N4O/c1-9-2-3-10(7-17-9)8-18-13-5-4-11(14(16)19)6-12(13)15/h2-7,18H,8,15H2,1H3,(H2,16,19). The molecule has 1 aromatic heterocycles. The summed E-state index contributed by atoms with van der Waals surface area (Å²) in [5.41, 5.74) is 14.8. The van der Waals surface area contributed by atoms with Crippen LogP contribution in [0.2, 0.25) is 0 Å². The lowest BCUT2D eigenvalue weighted by Gasteiger charge is -2.10. The van der Waals surface area contributed by atoms with Gasteiger partial charge in [-0.05, 0) is 36.8 Å². The first kappa shape index (κ1) is 12.9. The first-order valence-corrected chi connectivity index (χ1v) is 5.91. The number of aryl methyl sites for hydroxylation is 1. The normalized spacial score (nSPS) is 10.2. The molecule has 0 unspecified atom stereocenters. The summed E-state index contributed by atoms with van der Waals surface area (Å²) in [4.78, 5) is 15.2. The Morgan fingerprint density at radius 3 is 2.68 bits per heavy atom. The third-order valence-corrected chi connectivity index (χ3v) is 2.79. The van der Waals surface area contributed by atoms with Gasteiger partial charge in [0.2, 0.25) is 5.91 Å². The minimum atomic E-state index is -0.485. The molecule has 0 aliphatic rings. The van der Waals surface area contributed by atoms with Crippen LogP contribution in [0, 0.1) is 6.92 Å². The zero-order chi connectivity index (χ0) is 13.8. The molecule has 1 heterocycles. The van der Waals surface area contributed by atoms with Crippen LogP contribution in [0.4, 0.5) is 11.4 Å². The van der Waals surface area contributed by atoms with E-state index in [1.54, 1.807) is 18.2 Å². The van der Waals surface area contributed by atoms with Crippen LogP contribution >= 0.6 is 0 Å². The van der Waals surface area contributed by atoms with Gasteiger partial charge in [-0.25, -0.2) is 0 Å². The van der Waals surface area contributed by atoms with Gasteiger partial charge < -0.3 is 16.8 Å². The Hall–Kier alpha value is -2.56. The number of carbonyl (C=O) groups excluding carboxylic acids is 1. The number of hydrogen-bond acceptors (Lipinski definition) is 4. The summed E-state index contributed by atoms with van der Waals surface area (Å²) < 4.78 is 0. The van der Waals surface area contributed by atoms with Crippen LogP contribution < -0.4 is 16.8 Å². The van der Waals surface area contributed by atoms with Crippen LogP contribution in [-0.4, -0.2) is 10.9 Å². The second-order valence-corrected chi connectivity index (χ2v) is 4.33. The van der Waals surface area contributed by atoms with Crippen LogP contribution in [0.3, 0.4) is 0 Å². The van der Waals surface area contributed by atoms with E-state index in [2.05, 4.69) is 10.3 Å². The summed E-state index contributed by atoms with van der Waals surface area (Å²) in [7, 11) is 0. The van der Waals surface area contributed by atoms with Crippen molar-refractivity contribution in [1.82, 2.24) is 4.98 Å². The summed E-state index contributed by atoms with van der Waals surface area (Å²) in [5.74, 6) is -0.485. The number of amides is 1. The number of anilines is 2. The highest BCUT2D eigenvalue weighted by Crippen LogP contribution is 2.20. The van der Waals surface area contributed by atoms with Crippen LogP contribution in [-0.2, 0) is 6.54 Å². The number of aromatic nitrogens is 1. The van der Waals surface area contributed by atoms with E-state index in [1.165, 1.54) is 0 Å². The Bertz CT molecular complexity index is 593. The highest BCUT2D eigenvalue weighted by molar-refractivity contribution is 5.94. The highest BCUT2D eigenvalue weighted by Gasteiger charge is 2.04. The molecule has 0 radical (unpaired) electrons. The first-order chi connectivity index (χ1) is 9.06. The minimum absolute atomic E-state index is 0.403. The smallest absolute Gasteiger partial charge is 0.248 e. The Kier molecular flexibility index (Phi) is 3.66. The molecular weight excluding hydrogens is 240 g/mol. The monoisotopic (exact) mass is 256 g/mol. The molecule has 0 bridgehead atoms. The molecule has 0 atom stereocenters. The fourth-order valence-corrected chi connectivity index (χ4v) is 1.68. The second-order valence-electron chi connectivity index (χ2n) is 4.33. The third-order valence-electron chi connectivity index (χ3n) is 2.79. The number of nitrogens with one attached hydrogen (secondary N) is 1. The fourth-order valence-electron chi connectivity index (χ4n) is 1.68. The van der Waals surface area contributed by atoms with Gasteiger partial charge >= 0.3 is 0 Å². The van der Waals surface area contributed by atoms with Crippen molar-refractivity contribution in [3.8, 4) is 0 Å². The maximum Gasteiger partial charge on any atom is 0.248 e. The highest BCUT2D eigenvalue weighted by atomic mass is 16.1. The number of primary amides is 1. The molecule has 0 saturated carbocycles. The second kappa shape index (κ2) is 5.39. The van der Waals surface area contributed by atoms with Crippen LogP contribution in [0.15, 0.2) is 36.5 Å². The lowest BCUT2D eigenvalue weighted by molar-refractivity contribution is 0.100. The summed E-state index contributed by atoms with van der Waals surface area (Å²) in [6, 6.07) is 8.92. The Labute approximate surface area is 111 Å². The van der Waals surface area contributed by atoms with Gasteiger partial charge in [0.05, 0.1) is 11.4 Å². The van der Waals surface area contributed by atoms with E-state index in [9.17, 15) is 4.79 Å². The quantitative estimate of drug-likeness (QED) is 0.725. The van der Waals surface area contributed by atoms with Gasteiger partial charge in [-0.1, -0.05) is 6.07 Å². The lowest BCUT2D eigenvalue weighted by Crippen LogP contribution is -2.12. The molecule has 0 aliphatic carbocycles. The number of carbonyl (C=O) groups is 1. The Morgan fingerprint density at radius 2 is 2.11 bits per heavy atom. The first-order valence-electron chi connectivity index (χ1n) is 5.91. The average molecular weight is 256 g/mol. The summed E-state index contributed by atoms with van der Waals surface area (Å²) >= 11 is 0. The largest absolute Gasteiger partial charge is 0.397 e. The molecule has 19 heavy (non-hydrogen) atoms. The average Bonchev–Trinajstić information content (AvgIpc) is 2.39. The number of pyridine rings is 1. The SMILES string of the molecule is Cc1ccc(CNc2ccc(C(N)=O)cc2N)cn1. The van der Waals surface area contributed by atoms with Gasteiger partial charge in [-0.2, -0.15) is 0 Å². The Morgan fingerprint density at radius 1 is 1.32 bits per heavy atom. The van der Waals surface area contributed by atoms with E-state index in [0.717, 1.165) is 16.9 Å². The van der Waals surface area contributed by atoms with Gasteiger partial charge in [0.1, 0.15) is 0 Å². The van der Waals surface area contributed by atoms with Crippen molar-refractivity contribution in [2.24, 2.45) is 5.73 Å². The summed E-state index contributed by atoms with van der Waals surface area (Å²) in [6.45, 7) is 2.56. The van der Waals surface area contributed by atoms with Crippen molar-refractivity contribution < 1.29 is 4.79 Å². The van der Waals surface area contributed by atoms with Crippen molar-refractivity contribution in [1.29, 1.82) is 0 Å². The molecule has 0 saturated heterocycles. The van der Waals surface area contributed by atoms with E-state index in [0.29, 0.717) is 17.8 Å². The minimum Gasteiger partial charge on any atom is -0.397 e. The van der Waals surface area contributed by atoms with Crippen LogP contribution in [0.5, 0.6) is 0 Å². The summed E-state index contributed by atoms with van der Waals surface area (Å²) in [6.07, 6.45) is 1.82. The predicted molar refractivity (Wildman–Crippen MR) is 75.7 cm³/mol. The molecule has 0 fully saturated rings. The molecule has 0 spiro atoms. The number of nitrogens with two attached hydrogens (primary N) is 2. The topological polar surface area (TPSA) is 94.0 Å². The van der Waals surface area contributed by atoms with E-state index >= 15 is 0 Å². The molecule has 1 amide bonds. The number of nitrogens with zero attached hydrogens (tertiary/aromatic N) is 1. The van der Waals surface area contributed by atoms with Crippen molar-refractivity contribution in [3.05, 3.63) is 53.3 Å². The molecule has 5 nitrogen and oxygen atoms in total. The Balaban J connectivity index is 2.07. The van der Waals surface area contributed by atoms with Gasteiger partial charge in [-0.15, -0.1) is 0 Å². The van der Waals surface area contributed by atoms with Crippen molar-refractivity contribution in [3.63, 3.8) is 0 Å². The van der Waals surface area contributed by atoms with Gasteiger partial charge in [-0.3, -0.25) is 9.78 Å². The zero-order valence-electron chi connectivity index (χ0n) is 10.7. The molecule has 0 aliphatic heterocycles. The molecule has 2 rings (SSSR count). The van der Waals surface area contributed by atoms with E-state index in [1.807, 2.05) is 25.3 Å². The van der Waals surface area contributed by atoms with E-state index in [4.69, 9.17) is 11.5 Å². The predicted octanol–water partition coefficient (Wildman–Crippen LogP) is 1.68. The van der Waals surface area contributed by atoms with Gasteiger partial charge in [0.25, 0.3) is 0 Å². The maximum absolute atomic E-state index is 11.0. The molecule has 2 aromatic rings. The number of nitrogen functional groups attached to an aromatic ring is 1. The molecule has 1 aromatic carbocycles. The number of hydrogen-bond donors (Lipinski definition) is 3. The third kappa shape index (κ3) is 3.22. The van der Waals surface area contributed by atoms with Crippen LogP contribution in [0.25, 0.3) is 0 Å². The van der Waals surface area contributed by atoms with E-state index < -0.39 is 5.91 Å². The molecule has 98 valence electrons. The van der Waals surface area contributed by atoms with Crippen molar-refractivity contribution >= 4 is 17.3 Å². The van der Waals surface area contributed by atoms with Crippen molar-refractivity contribution in [2.75, 3.05) is 11.1 Å². The van der Waals surface area contributed by atoms with Crippen LogP contribution in [0.1, 0.15) is 21.6 Å². The fraction of sp³-hybridized carbons (Fsp3) is 0.143. The number of rotatable bonds is 4.